The summed E-state index contributed by atoms with van der Waals surface area (Å²) in [5.41, 5.74) is 1.24. The average molecular weight is 308 g/mol. The molecule has 3 atom stereocenters. The quantitative estimate of drug-likeness (QED) is 0.861. The lowest BCUT2D eigenvalue weighted by Crippen LogP contribution is -2.37. The highest BCUT2D eigenvalue weighted by Crippen LogP contribution is 2.45. The summed E-state index contributed by atoms with van der Waals surface area (Å²) in [5.74, 6) is -0.429. The molecular formula is C16H24N2O2S. The van der Waals surface area contributed by atoms with Crippen molar-refractivity contribution in [2.45, 2.75) is 57.4 Å². The Morgan fingerprint density at radius 3 is 2.43 bits per heavy atom. The third-order valence-electron chi connectivity index (χ3n) is 4.35. The molecule has 1 aromatic heterocycles. The van der Waals surface area contributed by atoms with Crippen LogP contribution in [-0.2, 0) is 4.79 Å². The van der Waals surface area contributed by atoms with Crippen LogP contribution >= 0.6 is 11.8 Å². The predicted molar refractivity (Wildman–Crippen MR) is 84.3 cm³/mol. The number of thioether (sulfide) groups is 1. The fourth-order valence-corrected chi connectivity index (χ4v) is 4.15. The Morgan fingerprint density at radius 2 is 1.90 bits per heavy atom. The van der Waals surface area contributed by atoms with Gasteiger partial charge in [-0.3, -0.25) is 4.79 Å². The Morgan fingerprint density at radius 1 is 1.29 bits per heavy atom. The number of aryl methyl sites for hydroxylation is 1. The number of nitrogens with zero attached hydrogens (tertiary/aromatic N) is 2. The monoisotopic (exact) mass is 308 g/mol. The average Bonchev–Trinajstić information content (AvgIpc) is 2.40. The molecule has 116 valence electrons. The Labute approximate surface area is 130 Å². The number of carboxylic acid groups (broad SMARTS) is 1. The van der Waals surface area contributed by atoms with E-state index in [2.05, 4.69) is 30.7 Å². The van der Waals surface area contributed by atoms with Crippen molar-refractivity contribution in [1.29, 1.82) is 0 Å². The van der Waals surface area contributed by atoms with Crippen molar-refractivity contribution in [3.8, 4) is 0 Å². The normalized spacial score (nSPS) is 26.6. The first-order valence-corrected chi connectivity index (χ1v) is 8.33. The van der Waals surface area contributed by atoms with E-state index in [1.54, 1.807) is 12.4 Å². The van der Waals surface area contributed by atoms with Gasteiger partial charge in [0.15, 0.2) is 5.16 Å². The van der Waals surface area contributed by atoms with Crippen molar-refractivity contribution in [3.05, 3.63) is 18.0 Å². The first-order chi connectivity index (χ1) is 9.77. The van der Waals surface area contributed by atoms with E-state index < -0.39 is 5.97 Å². The zero-order valence-electron chi connectivity index (χ0n) is 13.2. The van der Waals surface area contributed by atoms with Crippen LogP contribution in [0, 0.1) is 24.2 Å². The third kappa shape index (κ3) is 4.19. The first kappa shape index (κ1) is 16.3. The highest BCUT2D eigenvalue weighted by Gasteiger charge is 2.39. The number of carboxylic acids is 1. The van der Waals surface area contributed by atoms with Crippen LogP contribution in [0.15, 0.2) is 17.6 Å². The van der Waals surface area contributed by atoms with E-state index in [4.69, 9.17) is 0 Å². The van der Waals surface area contributed by atoms with Gasteiger partial charge in [-0.25, -0.2) is 9.97 Å². The summed E-state index contributed by atoms with van der Waals surface area (Å²) in [7, 11) is 0. The lowest BCUT2D eigenvalue weighted by atomic mass is 9.69. The van der Waals surface area contributed by atoms with E-state index in [1.807, 2.05) is 6.92 Å². The van der Waals surface area contributed by atoms with Gasteiger partial charge in [0.25, 0.3) is 0 Å². The second-order valence-corrected chi connectivity index (χ2v) is 8.23. The third-order valence-corrected chi connectivity index (χ3v) is 5.59. The van der Waals surface area contributed by atoms with Gasteiger partial charge in [0.2, 0.25) is 0 Å². The van der Waals surface area contributed by atoms with Crippen LogP contribution < -0.4 is 0 Å². The van der Waals surface area contributed by atoms with Gasteiger partial charge in [-0.1, -0.05) is 32.5 Å². The summed E-state index contributed by atoms with van der Waals surface area (Å²) in [6.45, 7) is 8.67. The van der Waals surface area contributed by atoms with Crippen LogP contribution in [0.4, 0.5) is 0 Å². The number of aromatic nitrogens is 2. The molecule has 1 saturated carbocycles. The lowest BCUT2D eigenvalue weighted by Gasteiger charge is -2.39. The molecule has 4 nitrogen and oxygen atoms in total. The van der Waals surface area contributed by atoms with Gasteiger partial charge in [-0.2, -0.15) is 0 Å². The Hall–Kier alpha value is -1.10. The van der Waals surface area contributed by atoms with E-state index >= 15 is 0 Å². The number of rotatable bonds is 3. The molecule has 1 N–H and O–H groups in total. The van der Waals surface area contributed by atoms with Gasteiger partial charge >= 0.3 is 5.97 Å². The molecular weight excluding hydrogens is 284 g/mol. The van der Waals surface area contributed by atoms with Crippen LogP contribution in [0.2, 0.25) is 0 Å². The highest BCUT2D eigenvalue weighted by molar-refractivity contribution is 7.99. The molecule has 21 heavy (non-hydrogen) atoms. The second-order valence-electron chi connectivity index (χ2n) is 7.02. The van der Waals surface area contributed by atoms with Crippen LogP contribution in [0.25, 0.3) is 0 Å². The van der Waals surface area contributed by atoms with Crippen molar-refractivity contribution in [1.82, 2.24) is 9.97 Å². The molecule has 1 fully saturated rings. The summed E-state index contributed by atoms with van der Waals surface area (Å²) < 4.78 is 0. The fourth-order valence-electron chi connectivity index (χ4n) is 2.91. The molecule has 0 radical (unpaired) electrons. The Bertz CT molecular complexity index is 496. The summed E-state index contributed by atoms with van der Waals surface area (Å²) >= 11 is 1.53. The Balaban J connectivity index is 2.14. The van der Waals surface area contributed by atoms with E-state index in [1.165, 1.54) is 11.8 Å². The molecule has 3 unspecified atom stereocenters. The number of carbonyl (C=O) groups is 1. The molecule has 1 aliphatic rings. The van der Waals surface area contributed by atoms with Crippen molar-refractivity contribution < 1.29 is 9.90 Å². The lowest BCUT2D eigenvalue weighted by molar-refractivity contribution is -0.143. The largest absolute Gasteiger partial charge is 0.481 e. The molecule has 1 aliphatic carbocycles. The summed E-state index contributed by atoms with van der Waals surface area (Å²) in [6.07, 6.45) is 6.24. The van der Waals surface area contributed by atoms with E-state index in [0.29, 0.717) is 11.1 Å². The molecule has 1 aromatic rings. The van der Waals surface area contributed by atoms with Crippen molar-refractivity contribution in [2.75, 3.05) is 0 Å². The maximum atomic E-state index is 11.5. The topological polar surface area (TPSA) is 63.1 Å². The molecule has 0 bridgehead atoms. The first-order valence-electron chi connectivity index (χ1n) is 7.45. The standard InChI is InChI=1S/C16H24N2O2S/c1-10-8-17-15(18-9-10)21-13-7-11(16(2,3)4)5-6-12(13)14(19)20/h8-9,11-13H,5-7H2,1-4H3,(H,19,20). The van der Waals surface area contributed by atoms with Crippen LogP contribution in [0.3, 0.4) is 0 Å². The highest BCUT2D eigenvalue weighted by atomic mass is 32.2. The van der Waals surface area contributed by atoms with Crippen LogP contribution in [-0.4, -0.2) is 26.3 Å². The van der Waals surface area contributed by atoms with E-state index in [-0.39, 0.29) is 16.6 Å². The van der Waals surface area contributed by atoms with Crippen LogP contribution in [0.5, 0.6) is 0 Å². The zero-order chi connectivity index (χ0) is 15.6. The van der Waals surface area contributed by atoms with Gasteiger partial charge in [0, 0.05) is 17.6 Å². The minimum atomic E-state index is -0.688. The zero-order valence-corrected chi connectivity index (χ0v) is 14.0. The second kappa shape index (κ2) is 6.34. The molecule has 5 heteroatoms. The van der Waals surface area contributed by atoms with Gasteiger partial charge in [-0.05, 0) is 43.1 Å². The van der Waals surface area contributed by atoms with Crippen molar-refractivity contribution >= 4 is 17.7 Å². The smallest absolute Gasteiger partial charge is 0.307 e. The number of hydrogen-bond acceptors (Lipinski definition) is 4. The maximum Gasteiger partial charge on any atom is 0.307 e. The van der Waals surface area contributed by atoms with Gasteiger partial charge < -0.3 is 5.11 Å². The molecule has 0 aliphatic heterocycles. The number of hydrogen-bond donors (Lipinski definition) is 1. The summed E-state index contributed by atoms with van der Waals surface area (Å²) in [6, 6.07) is 0. The summed E-state index contributed by atoms with van der Waals surface area (Å²) in [4.78, 5) is 20.1. The Kier molecular flexibility index (Phi) is 4.91. The molecule has 0 saturated heterocycles. The van der Waals surface area contributed by atoms with Gasteiger partial charge in [0.05, 0.1) is 5.92 Å². The molecule has 1 heterocycles. The number of aliphatic carboxylic acids is 1. The van der Waals surface area contributed by atoms with E-state index in [9.17, 15) is 9.90 Å². The fraction of sp³-hybridized carbons (Fsp3) is 0.688. The molecule has 0 aromatic carbocycles. The summed E-state index contributed by atoms with van der Waals surface area (Å²) in [5, 5.41) is 10.2. The SMILES string of the molecule is Cc1cnc(SC2CC(C(C)(C)C)CCC2C(=O)O)nc1. The molecule has 2 rings (SSSR count). The predicted octanol–water partition coefficient (Wildman–Crippen LogP) is 3.79. The van der Waals surface area contributed by atoms with Gasteiger partial charge in [0.1, 0.15) is 0 Å². The van der Waals surface area contributed by atoms with Gasteiger partial charge in [-0.15, -0.1) is 0 Å². The van der Waals surface area contributed by atoms with Crippen molar-refractivity contribution in [3.63, 3.8) is 0 Å². The minimum Gasteiger partial charge on any atom is -0.481 e. The molecule has 0 amide bonds. The van der Waals surface area contributed by atoms with Crippen molar-refractivity contribution in [2.24, 2.45) is 17.3 Å². The maximum absolute atomic E-state index is 11.5. The molecule has 0 spiro atoms. The van der Waals surface area contributed by atoms with Crippen LogP contribution in [0.1, 0.15) is 45.6 Å². The van der Waals surface area contributed by atoms with E-state index in [0.717, 1.165) is 24.8 Å². The minimum absolute atomic E-state index is 0.0585.